The molecule has 2 heteroatoms. The first-order chi connectivity index (χ1) is 4.75. The molecule has 0 aliphatic carbocycles. The minimum absolute atomic E-state index is 0.641. The van der Waals surface area contributed by atoms with Crippen molar-refractivity contribution < 1.29 is 0 Å². The molecule has 0 radical (unpaired) electrons. The summed E-state index contributed by atoms with van der Waals surface area (Å²) < 4.78 is 0. The predicted molar refractivity (Wildman–Crippen MR) is 43.4 cm³/mol. The summed E-state index contributed by atoms with van der Waals surface area (Å²) in [6.07, 6.45) is 2.69. The lowest BCUT2D eigenvalue weighted by atomic mass is 10.1. The third-order valence-corrected chi connectivity index (χ3v) is 1.92. The number of hydrogen-bond acceptors (Lipinski definition) is 1. The Hall–Kier alpha value is -0.560. The van der Waals surface area contributed by atoms with Crippen LogP contribution < -0.4 is 0 Å². The fraction of sp³-hybridized carbons (Fsp3) is 0.375. The zero-order valence-corrected chi connectivity index (χ0v) is 6.94. The van der Waals surface area contributed by atoms with E-state index in [-0.39, 0.29) is 0 Å². The van der Waals surface area contributed by atoms with Gasteiger partial charge in [-0.05, 0) is 30.5 Å². The molecule has 0 amide bonds. The highest BCUT2D eigenvalue weighted by atomic mass is 35.5. The van der Waals surface area contributed by atoms with Gasteiger partial charge in [0.05, 0.1) is 0 Å². The van der Waals surface area contributed by atoms with Crippen molar-refractivity contribution in [2.75, 3.05) is 0 Å². The summed E-state index contributed by atoms with van der Waals surface area (Å²) >= 11 is 5.82. The molecule has 0 saturated carbocycles. The molecule has 0 aliphatic rings. The van der Waals surface area contributed by atoms with Gasteiger partial charge in [0.15, 0.2) is 0 Å². The van der Waals surface area contributed by atoms with Gasteiger partial charge in [0, 0.05) is 6.20 Å². The second kappa shape index (κ2) is 3.02. The van der Waals surface area contributed by atoms with Crippen LogP contribution in [0.2, 0.25) is 5.15 Å². The molecule has 0 unspecified atom stereocenters. The van der Waals surface area contributed by atoms with Gasteiger partial charge in [-0.1, -0.05) is 18.5 Å². The quantitative estimate of drug-likeness (QED) is 0.569. The minimum Gasteiger partial charge on any atom is -0.244 e. The zero-order chi connectivity index (χ0) is 7.56. The number of pyridine rings is 1. The fourth-order valence-corrected chi connectivity index (χ4v) is 1.32. The molecule has 0 aromatic carbocycles. The van der Waals surface area contributed by atoms with Crippen LogP contribution in [0.25, 0.3) is 0 Å². The third kappa shape index (κ3) is 1.29. The van der Waals surface area contributed by atoms with Crippen molar-refractivity contribution in [3.63, 3.8) is 0 Å². The number of nitrogens with zero attached hydrogens (tertiary/aromatic N) is 1. The fourth-order valence-electron chi connectivity index (χ4n) is 0.980. The van der Waals surface area contributed by atoms with E-state index in [1.165, 1.54) is 5.56 Å². The molecule has 0 aliphatic heterocycles. The van der Waals surface area contributed by atoms with Gasteiger partial charge in [0.25, 0.3) is 0 Å². The highest BCUT2D eigenvalue weighted by molar-refractivity contribution is 6.30. The molecule has 0 N–H and O–H groups in total. The molecule has 1 aromatic heterocycles. The second-order valence-electron chi connectivity index (χ2n) is 2.25. The minimum atomic E-state index is 0.641. The number of aromatic nitrogens is 1. The standard InChI is InChI=1S/C8H10ClN/c1-3-7-6(2)4-5-10-8(7)9/h4-5H,3H2,1-2H3. The molecular weight excluding hydrogens is 146 g/mol. The smallest absolute Gasteiger partial charge is 0.132 e. The van der Waals surface area contributed by atoms with Gasteiger partial charge in [-0.3, -0.25) is 0 Å². The molecule has 0 atom stereocenters. The molecule has 54 valence electrons. The van der Waals surface area contributed by atoms with E-state index in [4.69, 9.17) is 11.6 Å². The van der Waals surface area contributed by atoms with E-state index in [0.717, 1.165) is 12.0 Å². The lowest BCUT2D eigenvalue weighted by Gasteiger charge is -2.01. The van der Waals surface area contributed by atoms with Crippen molar-refractivity contribution in [1.82, 2.24) is 4.98 Å². The van der Waals surface area contributed by atoms with Crippen LogP contribution >= 0.6 is 11.6 Å². The SMILES string of the molecule is CCc1c(C)ccnc1Cl. The van der Waals surface area contributed by atoms with E-state index in [1.54, 1.807) is 6.20 Å². The summed E-state index contributed by atoms with van der Waals surface area (Å²) in [6.45, 7) is 4.13. The van der Waals surface area contributed by atoms with Crippen LogP contribution in [0.1, 0.15) is 18.1 Å². The van der Waals surface area contributed by atoms with Gasteiger partial charge in [-0.25, -0.2) is 4.98 Å². The molecule has 0 bridgehead atoms. The van der Waals surface area contributed by atoms with E-state index in [2.05, 4.69) is 11.9 Å². The Labute approximate surface area is 66.0 Å². The van der Waals surface area contributed by atoms with Crippen LogP contribution in [0.3, 0.4) is 0 Å². The van der Waals surface area contributed by atoms with Crippen molar-refractivity contribution in [1.29, 1.82) is 0 Å². The summed E-state index contributed by atoms with van der Waals surface area (Å²) in [7, 11) is 0. The topological polar surface area (TPSA) is 12.9 Å². The third-order valence-electron chi connectivity index (χ3n) is 1.59. The normalized spacial score (nSPS) is 9.90. The number of hydrogen-bond donors (Lipinski definition) is 0. The Balaban J connectivity index is 3.17. The molecule has 1 aromatic rings. The van der Waals surface area contributed by atoms with Gasteiger partial charge >= 0.3 is 0 Å². The highest BCUT2D eigenvalue weighted by Gasteiger charge is 2.00. The maximum absolute atomic E-state index is 5.82. The lowest BCUT2D eigenvalue weighted by molar-refractivity contribution is 1.07. The van der Waals surface area contributed by atoms with E-state index in [9.17, 15) is 0 Å². The first-order valence-electron chi connectivity index (χ1n) is 3.35. The summed E-state index contributed by atoms with van der Waals surface area (Å²) in [5.41, 5.74) is 2.38. The largest absolute Gasteiger partial charge is 0.244 e. The summed E-state index contributed by atoms with van der Waals surface area (Å²) in [6, 6.07) is 1.98. The van der Waals surface area contributed by atoms with Gasteiger partial charge in [-0.2, -0.15) is 0 Å². The molecular formula is C8H10ClN. The molecule has 0 saturated heterocycles. The summed E-state index contributed by atoms with van der Waals surface area (Å²) in [5, 5.41) is 0.641. The predicted octanol–water partition coefficient (Wildman–Crippen LogP) is 2.61. The maximum atomic E-state index is 5.82. The molecule has 1 rings (SSSR count). The molecule has 1 heterocycles. The van der Waals surface area contributed by atoms with Crippen LogP contribution in [-0.4, -0.2) is 4.98 Å². The van der Waals surface area contributed by atoms with Crippen molar-refractivity contribution in [2.45, 2.75) is 20.3 Å². The Kier molecular flexibility index (Phi) is 2.28. The van der Waals surface area contributed by atoms with Crippen molar-refractivity contribution in [3.8, 4) is 0 Å². The maximum Gasteiger partial charge on any atom is 0.132 e. The van der Waals surface area contributed by atoms with Crippen LogP contribution in [0, 0.1) is 6.92 Å². The zero-order valence-electron chi connectivity index (χ0n) is 6.19. The molecule has 0 fully saturated rings. The first-order valence-corrected chi connectivity index (χ1v) is 3.73. The van der Waals surface area contributed by atoms with Gasteiger partial charge in [-0.15, -0.1) is 0 Å². The lowest BCUT2D eigenvalue weighted by Crippen LogP contribution is -1.89. The van der Waals surface area contributed by atoms with Crippen molar-refractivity contribution in [2.24, 2.45) is 0 Å². The van der Waals surface area contributed by atoms with Crippen LogP contribution in [0.15, 0.2) is 12.3 Å². The molecule has 10 heavy (non-hydrogen) atoms. The molecule has 0 spiro atoms. The van der Waals surface area contributed by atoms with E-state index in [1.807, 2.05) is 13.0 Å². The number of rotatable bonds is 1. The van der Waals surface area contributed by atoms with Gasteiger partial charge in [0.2, 0.25) is 0 Å². The van der Waals surface area contributed by atoms with Crippen molar-refractivity contribution in [3.05, 3.63) is 28.5 Å². The van der Waals surface area contributed by atoms with E-state index >= 15 is 0 Å². The Morgan fingerprint density at radius 3 is 2.70 bits per heavy atom. The first kappa shape index (κ1) is 7.55. The average molecular weight is 156 g/mol. The Morgan fingerprint density at radius 1 is 1.60 bits per heavy atom. The second-order valence-corrected chi connectivity index (χ2v) is 2.61. The van der Waals surface area contributed by atoms with Crippen LogP contribution in [-0.2, 0) is 6.42 Å². The van der Waals surface area contributed by atoms with Crippen LogP contribution in [0.5, 0.6) is 0 Å². The Morgan fingerprint density at radius 2 is 2.30 bits per heavy atom. The van der Waals surface area contributed by atoms with Crippen LogP contribution in [0.4, 0.5) is 0 Å². The number of aryl methyl sites for hydroxylation is 1. The van der Waals surface area contributed by atoms with Crippen molar-refractivity contribution >= 4 is 11.6 Å². The van der Waals surface area contributed by atoms with Gasteiger partial charge < -0.3 is 0 Å². The number of halogens is 1. The van der Waals surface area contributed by atoms with E-state index in [0.29, 0.717) is 5.15 Å². The molecule has 1 nitrogen and oxygen atoms in total. The highest BCUT2D eigenvalue weighted by Crippen LogP contribution is 2.16. The average Bonchev–Trinajstić information content (AvgIpc) is 1.88. The monoisotopic (exact) mass is 155 g/mol. The summed E-state index contributed by atoms with van der Waals surface area (Å²) in [5.74, 6) is 0. The summed E-state index contributed by atoms with van der Waals surface area (Å²) in [4.78, 5) is 3.98. The van der Waals surface area contributed by atoms with Gasteiger partial charge in [0.1, 0.15) is 5.15 Å². The Bertz CT molecular complexity index is 212. The van der Waals surface area contributed by atoms with E-state index < -0.39 is 0 Å².